The maximum absolute atomic E-state index is 11.9. The van der Waals surface area contributed by atoms with Crippen molar-refractivity contribution >= 4 is 0 Å². The molecule has 1 heterocycles. The van der Waals surface area contributed by atoms with Crippen molar-refractivity contribution in [3.63, 3.8) is 0 Å². The highest BCUT2D eigenvalue weighted by Gasteiger charge is 2.15. The lowest BCUT2D eigenvalue weighted by atomic mass is 9.86. The number of nitrogens with two attached hydrogens (primary N) is 1. The van der Waals surface area contributed by atoms with E-state index in [1.807, 2.05) is 12.1 Å². The molecule has 0 atom stereocenters. The molecule has 4 nitrogen and oxygen atoms in total. The van der Waals surface area contributed by atoms with Crippen LogP contribution in [0, 0.1) is 0 Å². The Hall–Kier alpha value is -1.81. The lowest BCUT2D eigenvalue weighted by Gasteiger charge is -2.19. The van der Waals surface area contributed by atoms with Crippen molar-refractivity contribution in [3.05, 3.63) is 45.7 Å². The van der Waals surface area contributed by atoms with Crippen LogP contribution in [0.25, 0.3) is 11.3 Å². The van der Waals surface area contributed by atoms with Crippen LogP contribution in [0.3, 0.4) is 0 Å². The summed E-state index contributed by atoms with van der Waals surface area (Å²) < 4.78 is 1.47. The van der Waals surface area contributed by atoms with E-state index in [1.54, 1.807) is 7.05 Å². The van der Waals surface area contributed by atoms with Gasteiger partial charge in [-0.05, 0) is 16.5 Å². The van der Waals surface area contributed by atoms with Gasteiger partial charge < -0.3 is 5.73 Å². The molecule has 1 aromatic heterocycles. The maximum Gasteiger partial charge on any atom is 0.271 e. The maximum atomic E-state index is 11.9. The molecule has 0 saturated carbocycles. The number of aromatic amines is 1. The Morgan fingerprint density at radius 2 is 1.79 bits per heavy atom. The Morgan fingerprint density at radius 1 is 1.21 bits per heavy atom. The molecule has 1 aromatic carbocycles. The summed E-state index contributed by atoms with van der Waals surface area (Å²) in [6.45, 7) is 6.78. The van der Waals surface area contributed by atoms with Crippen LogP contribution in [0.5, 0.6) is 0 Å². The Bertz CT molecular complexity index is 627. The van der Waals surface area contributed by atoms with Crippen molar-refractivity contribution in [2.45, 2.75) is 32.7 Å². The Kier molecular flexibility index (Phi) is 3.37. The van der Waals surface area contributed by atoms with Gasteiger partial charge in [-0.2, -0.15) is 0 Å². The van der Waals surface area contributed by atoms with Gasteiger partial charge in [0.2, 0.25) is 0 Å². The number of aromatic nitrogens is 2. The van der Waals surface area contributed by atoms with Gasteiger partial charge in [-0.1, -0.05) is 45.0 Å². The van der Waals surface area contributed by atoms with E-state index in [9.17, 15) is 4.79 Å². The van der Waals surface area contributed by atoms with E-state index in [1.165, 1.54) is 10.2 Å². The highest BCUT2D eigenvalue weighted by Crippen LogP contribution is 2.26. The van der Waals surface area contributed by atoms with E-state index in [0.29, 0.717) is 5.56 Å². The molecule has 102 valence electrons. The third-order valence-corrected chi connectivity index (χ3v) is 3.39. The molecule has 0 amide bonds. The van der Waals surface area contributed by atoms with Crippen LogP contribution in [0.15, 0.2) is 29.1 Å². The minimum atomic E-state index is -0.0580. The fourth-order valence-electron chi connectivity index (χ4n) is 2.16. The number of nitrogens with one attached hydrogen (secondary N) is 1. The molecule has 2 aromatic rings. The number of nitrogens with zero attached hydrogens (tertiary/aromatic N) is 1. The van der Waals surface area contributed by atoms with Gasteiger partial charge in [0.05, 0.1) is 11.3 Å². The predicted octanol–water partition coefficient (Wildman–Crippen LogP) is 2.14. The van der Waals surface area contributed by atoms with E-state index >= 15 is 0 Å². The Morgan fingerprint density at radius 3 is 2.26 bits per heavy atom. The standard InChI is InChI=1S/C15H21N3O/c1-15(2,3)11-7-5-10(6-8-11)13-12(9-16)14(19)18(4)17-13/h5-8,17H,9,16H2,1-4H3. The number of aryl methyl sites for hydroxylation is 1. The second-order valence-electron chi connectivity index (χ2n) is 5.86. The topological polar surface area (TPSA) is 63.8 Å². The monoisotopic (exact) mass is 259 g/mol. The first kappa shape index (κ1) is 13.6. The SMILES string of the molecule is Cn1[nH]c(-c2ccc(C(C)(C)C)cc2)c(CN)c1=O. The summed E-state index contributed by atoms with van der Waals surface area (Å²) in [5.74, 6) is 0. The first-order valence-corrected chi connectivity index (χ1v) is 6.43. The molecule has 4 heteroatoms. The van der Waals surface area contributed by atoms with E-state index in [2.05, 4.69) is 38.0 Å². The average molecular weight is 259 g/mol. The molecule has 0 aliphatic rings. The Labute approximate surface area is 113 Å². The molecule has 0 aliphatic carbocycles. The second-order valence-corrected chi connectivity index (χ2v) is 5.86. The van der Waals surface area contributed by atoms with Gasteiger partial charge in [0, 0.05) is 13.6 Å². The van der Waals surface area contributed by atoms with Crippen molar-refractivity contribution in [1.29, 1.82) is 0 Å². The minimum absolute atomic E-state index is 0.0580. The van der Waals surface area contributed by atoms with Crippen molar-refractivity contribution in [2.24, 2.45) is 12.8 Å². The highest BCUT2D eigenvalue weighted by molar-refractivity contribution is 5.63. The van der Waals surface area contributed by atoms with Crippen molar-refractivity contribution in [3.8, 4) is 11.3 Å². The van der Waals surface area contributed by atoms with Crippen LogP contribution in [-0.2, 0) is 19.0 Å². The fourth-order valence-corrected chi connectivity index (χ4v) is 2.16. The van der Waals surface area contributed by atoms with Crippen LogP contribution < -0.4 is 11.3 Å². The first-order chi connectivity index (χ1) is 8.84. The smallest absolute Gasteiger partial charge is 0.271 e. The summed E-state index contributed by atoms with van der Waals surface area (Å²) in [7, 11) is 1.70. The summed E-state index contributed by atoms with van der Waals surface area (Å²) in [4.78, 5) is 11.9. The summed E-state index contributed by atoms with van der Waals surface area (Å²) >= 11 is 0. The summed E-state index contributed by atoms with van der Waals surface area (Å²) in [6, 6.07) is 8.26. The van der Waals surface area contributed by atoms with E-state index < -0.39 is 0 Å². The lowest BCUT2D eigenvalue weighted by Crippen LogP contribution is -2.17. The lowest BCUT2D eigenvalue weighted by molar-refractivity contribution is 0.590. The van der Waals surface area contributed by atoms with Gasteiger partial charge in [0.15, 0.2) is 0 Å². The van der Waals surface area contributed by atoms with E-state index in [0.717, 1.165) is 11.3 Å². The number of H-pyrrole nitrogens is 1. The van der Waals surface area contributed by atoms with Crippen molar-refractivity contribution in [1.82, 2.24) is 9.78 Å². The Balaban J connectivity index is 2.49. The first-order valence-electron chi connectivity index (χ1n) is 6.43. The third kappa shape index (κ3) is 2.49. The van der Waals surface area contributed by atoms with Crippen molar-refractivity contribution < 1.29 is 0 Å². The molecule has 0 aliphatic heterocycles. The van der Waals surface area contributed by atoms with Gasteiger partial charge in [0.25, 0.3) is 5.56 Å². The third-order valence-electron chi connectivity index (χ3n) is 3.39. The van der Waals surface area contributed by atoms with Crippen LogP contribution in [0.1, 0.15) is 31.9 Å². The van der Waals surface area contributed by atoms with Crippen LogP contribution in [0.2, 0.25) is 0 Å². The molecule has 19 heavy (non-hydrogen) atoms. The molecule has 0 unspecified atom stereocenters. The molecular formula is C15H21N3O. The largest absolute Gasteiger partial charge is 0.326 e. The van der Waals surface area contributed by atoms with Crippen molar-refractivity contribution in [2.75, 3.05) is 0 Å². The highest BCUT2D eigenvalue weighted by atomic mass is 16.1. The fraction of sp³-hybridized carbons (Fsp3) is 0.400. The van der Waals surface area contributed by atoms with Crippen LogP contribution in [-0.4, -0.2) is 9.78 Å². The summed E-state index contributed by atoms with van der Waals surface area (Å²) in [6.07, 6.45) is 0. The van der Waals surface area contributed by atoms with Crippen LogP contribution >= 0.6 is 0 Å². The molecule has 0 bridgehead atoms. The zero-order valence-corrected chi connectivity index (χ0v) is 11.9. The number of hydrogen-bond acceptors (Lipinski definition) is 2. The van der Waals surface area contributed by atoms with Gasteiger partial charge in [-0.25, -0.2) is 0 Å². The molecular weight excluding hydrogens is 238 g/mol. The molecule has 0 fully saturated rings. The molecule has 0 saturated heterocycles. The average Bonchev–Trinajstić information content (AvgIpc) is 2.64. The zero-order valence-electron chi connectivity index (χ0n) is 11.9. The zero-order chi connectivity index (χ0) is 14.2. The molecule has 0 radical (unpaired) electrons. The quantitative estimate of drug-likeness (QED) is 0.868. The molecule has 3 N–H and O–H groups in total. The number of hydrogen-bond donors (Lipinski definition) is 2. The normalized spacial score (nSPS) is 11.8. The summed E-state index contributed by atoms with van der Waals surface area (Å²) in [5.41, 5.74) is 9.44. The van der Waals surface area contributed by atoms with Gasteiger partial charge in [-0.15, -0.1) is 0 Å². The van der Waals surface area contributed by atoms with E-state index in [-0.39, 0.29) is 17.5 Å². The minimum Gasteiger partial charge on any atom is -0.326 e. The van der Waals surface area contributed by atoms with E-state index in [4.69, 9.17) is 5.73 Å². The van der Waals surface area contributed by atoms with Gasteiger partial charge in [-0.3, -0.25) is 14.6 Å². The molecule has 2 rings (SSSR count). The van der Waals surface area contributed by atoms with Gasteiger partial charge >= 0.3 is 0 Å². The number of benzene rings is 1. The number of rotatable bonds is 2. The second kappa shape index (κ2) is 4.70. The molecule has 0 spiro atoms. The van der Waals surface area contributed by atoms with Gasteiger partial charge in [0.1, 0.15) is 0 Å². The van der Waals surface area contributed by atoms with Crippen LogP contribution in [0.4, 0.5) is 0 Å². The predicted molar refractivity (Wildman–Crippen MR) is 78.1 cm³/mol. The summed E-state index contributed by atoms with van der Waals surface area (Å²) in [5, 5.41) is 3.06.